The van der Waals surface area contributed by atoms with Gasteiger partial charge in [-0.05, 0) is 44.0 Å². The van der Waals surface area contributed by atoms with Crippen molar-refractivity contribution < 1.29 is 0 Å². The number of hydrogen-bond donors (Lipinski definition) is 2. The molecule has 2 aromatic heterocycles. The Labute approximate surface area is 98.9 Å². The summed E-state index contributed by atoms with van der Waals surface area (Å²) in [5, 5.41) is 3.34. The number of rotatable bonds is 2. The molecule has 90 valence electrons. The minimum atomic E-state index is -0.0442. The number of nitrogens with zero attached hydrogens (tertiary/aromatic N) is 2. The third-order valence-electron chi connectivity index (χ3n) is 3.43. The lowest BCUT2D eigenvalue weighted by Crippen LogP contribution is -2.32. The molecular weight excluding hydrogens is 216 g/mol. The molecule has 0 aliphatic carbocycles. The number of fused-ring (bicyclic) bond motifs is 1. The normalized spacial score (nSPS) is 17.6. The van der Waals surface area contributed by atoms with E-state index in [9.17, 15) is 4.79 Å². The number of H-pyrrole nitrogens is 1. The van der Waals surface area contributed by atoms with E-state index in [1.165, 1.54) is 0 Å². The second-order valence-corrected chi connectivity index (χ2v) is 4.61. The van der Waals surface area contributed by atoms with Crippen molar-refractivity contribution in [1.29, 1.82) is 0 Å². The van der Waals surface area contributed by atoms with Crippen LogP contribution in [0.25, 0.3) is 11.2 Å². The van der Waals surface area contributed by atoms with Gasteiger partial charge in [-0.2, -0.15) is 0 Å². The molecule has 1 saturated heterocycles. The molecule has 17 heavy (non-hydrogen) atoms. The Balaban J connectivity index is 1.93. The smallest absolute Gasteiger partial charge is 0.317 e. The van der Waals surface area contributed by atoms with E-state index >= 15 is 0 Å². The summed E-state index contributed by atoms with van der Waals surface area (Å²) in [6.45, 7) is 2.88. The molecular formula is C12H16N4O. The Bertz CT molecular complexity index is 565. The van der Waals surface area contributed by atoms with Crippen LogP contribution in [0.3, 0.4) is 0 Å². The van der Waals surface area contributed by atoms with Crippen LogP contribution in [0, 0.1) is 5.92 Å². The Kier molecular flexibility index (Phi) is 2.68. The van der Waals surface area contributed by atoms with E-state index in [1.54, 1.807) is 10.8 Å². The second kappa shape index (κ2) is 4.33. The van der Waals surface area contributed by atoms with Crippen LogP contribution in [0.5, 0.6) is 0 Å². The lowest BCUT2D eigenvalue weighted by Gasteiger charge is -2.22. The van der Waals surface area contributed by atoms with E-state index in [2.05, 4.69) is 15.3 Å². The fourth-order valence-electron chi connectivity index (χ4n) is 2.48. The first kappa shape index (κ1) is 10.5. The molecule has 0 saturated carbocycles. The molecule has 0 spiro atoms. The predicted octanol–water partition coefficient (Wildman–Crippen LogP) is 0.724. The predicted molar refractivity (Wildman–Crippen MR) is 65.9 cm³/mol. The van der Waals surface area contributed by atoms with E-state index in [0.29, 0.717) is 5.92 Å². The van der Waals surface area contributed by atoms with E-state index in [-0.39, 0.29) is 5.69 Å². The zero-order valence-electron chi connectivity index (χ0n) is 9.65. The van der Waals surface area contributed by atoms with Crippen molar-refractivity contribution in [1.82, 2.24) is 19.9 Å². The lowest BCUT2D eigenvalue weighted by molar-refractivity contribution is 0.333. The SMILES string of the molecule is O=c1[nH]c2cccnc2n1CC1CCNCC1. The monoisotopic (exact) mass is 232 g/mol. The van der Waals surface area contributed by atoms with Gasteiger partial charge in [0.2, 0.25) is 0 Å². The van der Waals surface area contributed by atoms with Crippen molar-refractivity contribution >= 4 is 11.2 Å². The van der Waals surface area contributed by atoms with Gasteiger partial charge in [0.1, 0.15) is 0 Å². The van der Waals surface area contributed by atoms with Gasteiger partial charge in [0.05, 0.1) is 5.52 Å². The topological polar surface area (TPSA) is 62.7 Å². The van der Waals surface area contributed by atoms with Crippen LogP contribution in [0.2, 0.25) is 0 Å². The molecule has 5 heteroatoms. The first-order chi connectivity index (χ1) is 8.34. The highest BCUT2D eigenvalue weighted by Gasteiger charge is 2.16. The Morgan fingerprint density at radius 2 is 2.24 bits per heavy atom. The third kappa shape index (κ3) is 1.98. The molecule has 3 rings (SSSR count). The first-order valence-corrected chi connectivity index (χ1v) is 6.09. The van der Waals surface area contributed by atoms with Crippen LogP contribution >= 0.6 is 0 Å². The van der Waals surface area contributed by atoms with Gasteiger partial charge in [-0.3, -0.25) is 4.57 Å². The summed E-state index contributed by atoms with van der Waals surface area (Å²) in [5.41, 5.74) is 1.56. The van der Waals surface area contributed by atoms with Crippen molar-refractivity contribution in [3.05, 3.63) is 28.8 Å². The zero-order valence-corrected chi connectivity index (χ0v) is 9.65. The molecule has 1 aliphatic heterocycles. The molecule has 0 atom stereocenters. The number of pyridine rings is 1. The zero-order chi connectivity index (χ0) is 11.7. The number of hydrogen-bond acceptors (Lipinski definition) is 3. The fourth-order valence-corrected chi connectivity index (χ4v) is 2.48. The summed E-state index contributed by atoms with van der Waals surface area (Å²) in [7, 11) is 0. The number of nitrogens with one attached hydrogen (secondary N) is 2. The Morgan fingerprint density at radius 3 is 3.06 bits per heavy atom. The van der Waals surface area contributed by atoms with Gasteiger partial charge in [0, 0.05) is 12.7 Å². The summed E-state index contributed by atoms with van der Waals surface area (Å²) < 4.78 is 1.77. The van der Waals surface area contributed by atoms with Gasteiger partial charge in [-0.25, -0.2) is 9.78 Å². The van der Waals surface area contributed by atoms with Gasteiger partial charge in [0.25, 0.3) is 0 Å². The number of aromatic nitrogens is 3. The van der Waals surface area contributed by atoms with Gasteiger partial charge in [0.15, 0.2) is 5.65 Å². The van der Waals surface area contributed by atoms with Crippen molar-refractivity contribution in [2.75, 3.05) is 13.1 Å². The number of aromatic amines is 1. The fraction of sp³-hybridized carbons (Fsp3) is 0.500. The van der Waals surface area contributed by atoms with Crippen molar-refractivity contribution in [2.24, 2.45) is 5.92 Å². The van der Waals surface area contributed by atoms with E-state index in [4.69, 9.17) is 0 Å². The maximum Gasteiger partial charge on any atom is 0.327 e. The van der Waals surface area contributed by atoms with E-state index < -0.39 is 0 Å². The van der Waals surface area contributed by atoms with Gasteiger partial charge in [-0.15, -0.1) is 0 Å². The Morgan fingerprint density at radius 1 is 1.41 bits per heavy atom. The highest BCUT2D eigenvalue weighted by Crippen LogP contribution is 2.15. The molecule has 3 heterocycles. The highest BCUT2D eigenvalue weighted by molar-refractivity contribution is 5.69. The quantitative estimate of drug-likeness (QED) is 0.802. The van der Waals surface area contributed by atoms with Crippen LogP contribution in [0.1, 0.15) is 12.8 Å². The number of imidazole rings is 1. The van der Waals surface area contributed by atoms with Gasteiger partial charge < -0.3 is 10.3 Å². The minimum Gasteiger partial charge on any atom is -0.317 e. The van der Waals surface area contributed by atoms with Crippen LogP contribution < -0.4 is 11.0 Å². The average molecular weight is 232 g/mol. The molecule has 1 aliphatic rings. The minimum absolute atomic E-state index is 0.0442. The molecule has 0 bridgehead atoms. The van der Waals surface area contributed by atoms with Crippen molar-refractivity contribution in [3.63, 3.8) is 0 Å². The molecule has 0 unspecified atom stereocenters. The molecule has 2 N–H and O–H groups in total. The maximum atomic E-state index is 11.9. The highest BCUT2D eigenvalue weighted by atomic mass is 16.1. The largest absolute Gasteiger partial charge is 0.327 e. The van der Waals surface area contributed by atoms with Crippen LogP contribution in [0.4, 0.5) is 0 Å². The molecule has 0 aromatic carbocycles. The summed E-state index contributed by atoms with van der Waals surface area (Å²) in [6, 6.07) is 3.73. The van der Waals surface area contributed by atoms with Gasteiger partial charge >= 0.3 is 5.69 Å². The van der Waals surface area contributed by atoms with Crippen LogP contribution in [-0.2, 0) is 6.54 Å². The first-order valence-electron chi connectivity index (χ1n) is 6.09. The average Bonchev–Trinajstić information content (AvgIpc) is 2.68. The van der Waals surface area contributed by atoms with E-state index in [0.717, 1.165) is 43.6 Å². The van der Waals surface area contributed by atoms with Crippen LogP contribution in [0.15, 0.2) is 23.1 Å². The van der Waals surface area contributed by atoms with Gasteiger partial charge in [-0.1, -0.05) is 0 Å². The summed E-state index contributed by atoms with van der Waals surface area (Å²) in [6.07, 6.45) is 3.99. The second-order valence-electron chi connectivity index (χ2n) is 4.61. The summed E-state index contributed by atoms with van der Waals surface area (Å²) >= 11 is 0. The molecule has 5 nitrogen and oxygen atoms in total. The summed E-state index contributed by atoms with van der Waals surface area (Å²) in [5.74, 6) is 0.579. The summed E-state index contributed by atoms with van der Waals surface area (Å²) in [4.78, 5) is 19.0. The lowest BCUT2D eigenvalue weighted by atomic mass is 9.98. The number of piperidine rings is 1. The van der Waals surface area contributed by atoms with Crippen molar-refractivity contribution in [2.45, 2.75) is 19.4 Å². The van der Waals surface area contributed by atoms with Crippen LogP contribution in [-0.4, -0.2) is 27.6 Å². The molecule has 2 aromatic rings. The molecule has 0 amide bonds. The Hall–Kier alpha value is -1.62. The molecule has 1 fully saturated rings. The van der Waals surface area contributed by atoms with E-state index in [1.807, 2.05) is 12.1 Å². The van der Waals surface area contributed by atoms with Crippen molar-refractivity contribution in [3.8, 4) is 0 Å². The molecule has 0 radical (unpaired) electrons. The standard InChI is InChI=1S/C12H16N4O/c17-12-15-10-2-1-5-14-11(10)16(12)8-9-3-6-13-7-4-9/h1-2,5,9,13H,3-4,6-8H2,(H,15,17). The third-order valence-corrected chi connectivity index (χ3v) is 3.43. The maximum absolute atomic E-state index is 11.9.